The van der Waals surface area contributed by atoms with Crippen LogP contribution in [0.5, 0.6) is 0 Å². The van der Waals surface area contributed by atoms with E-state index < -0.39 is 4.92 Å². The van der Waals surface area contributed by atoms with Gasteiger partial charge in [-0.1, -0.05) is 0 Å². The minimum Gasteiger partial charge on any atom is -0.371 e. The molecular formula is C12H14N4O2. The van der Waals surface area contributed by atoms with Crippen molar-refractivity contribution in [2.75, 3.05) is 18.0 Å². The number of nitro groups is 1. The third-order valence-corrected chi connectivity index (χ3v) is 3.20. The molecule has 1 aromatic rings. The third-order valence-electron chi connectivity index (χ3n) is 3.20. The van der Waals surface area contributed by atoms with E-state index in [2.05, 4.69) is 4.90 Å². The Morgan fingerprint density at radius 2 is 2.11 bits per heavy atom. The van der Waals surface area contributed by atoms with Gasteiger partial charge in [0.05, 0.1) is 4.92 Å². The second kappa shape index (κ2) is 5.02. The summed E-state index contributed by atoms with van der Waals surface area (Å²) in [6.07, 6.45) is 1.77. The van der Waals surface area contributed by atoms with Crippen molar-refractivity contribution in [2.45, 2.75) is 18.9 Å². The summed E-state index contributed by atoms with van der Waals surface area (Å²) < 4.78 is 0. The van der Waals surface area contributed by atoms with E-state index >= 15 is 0 Å². The second-order valence-corrected chi connectivity index (χ2v) is 4.39. The number of nitrogens with zero attached hydrogens (tertiary/aromatic N) is 3. The number of hydrogen-bond acceptors (Lipinski definition) is 5. The lowest BCUT2D eigenvalue weighted by Gasteiger charge is -2.31. The first-order valence-electron chi connectivity index (χ1n) is 5.81. The smallest absolute Gasteiger partial charge is 0.289 e. The van der Waals surface area contributed by atoms with Gasteiger partial charge in [0, 0.05) is 30.9 Å². The molecule has 1 aliphatic rings. The number of piperidine rings is 1. The van der Waals surface area contributed by atoms with Gasteiger partial charge in [0.25, 0.3) is 5.69 Å². The van der Waals surface area contributed by atoms with Crippen LogP contribution in [-0.4, -0.2) is 24.1 Å². The molecule has 0 saturated carbocycles. The molecule has 1 aliphatic heterocycles. The molecule has 0 spiro atoms. The van der Waals surface area contributed by atoms with Gasteiger partial charge in [-0.25, -0.2) is 0 Å². The van der Waals surface area contributed by atoms with Crippen molar-refractivity contribution in [3.63, 3.8) is 0 Å². The highest BCUT2D eigenvalue weighted by Crippen LogP contribution is 2.26. The number of rotatable bonds is 2. The van der Waals surface area contributed by atoms with Gasteiger partial charge >= 0.3 is 0 Å². The number of nitro benzene ring substituents is 1. The van der Waals surface area contributed by atoms with Crippen LogP contribution >= 0.6 is 0 Å². The molecule has 1 saturated heterocycles. The van der Waals surface area contributed by atoms with E-state index in [1.807, 2.05) is 6.07 Å². The summed E-state index contributed by atoms with van der Waals surface area (Å²) in [7, 11) is 0. The lowest BCUT2D eigenvalue weighted by molar-refractivity contribution is -0.385. The number of anilines is 1. The zero-order valence-corrected chi connectivity index (χ0v) is 9.87. The monoisotopic (exact) mass is 246 g/mol. The Kier molecular flexibility index (Phi) is 3.44. The molecular weight excluding hydrogens is 232 g/mol. The van der Waals surface area contributed by atoms with Crippen LogP contribution in [-0.2, 0) is 0 Å². The zero-order valence-electron chi connectivity index (χ0n) is 9.87. The topological polar surface area (TPSA) is 96.2 Å². The third kappa shape index (κ3) is 2.41. The largest absolute Gasteiger partial charge is 0.371 e. The van der Waals surface area contributed by atoms with Crippen molar-refractivity contribution in [3.05, 3.63) is 33.9 Å². The van der Waals surface area contributed by atoms with E-state index in [0.717, 1.165) is 31.6 Å². The Hall–Kier alpha value is -2.13. The Bertz CT molecular complexity index is 501. The number of nitrogens with two attached hydrogens (primary N) is 1. The molecule has 1 fully saturated rings. The van der Waals surface area contributed by atoms with Crippen molar-refractivity contribution >= 4 is 11.4 Å². The van der Waals surface area contributed by atoms with E-state index in [-0.39, 0.29) is 17.3 Å². The Morgan fingerprint density at radius 1 is 1.44 bits per heavy atom. The minimum atomic E-state index is -0.516. The summed E-state index contributed by atoms with van der Waals surface area (Å²) in [4.78, 5) is 12.4. The maximum atomic E-state index is 10.9. The van der Waals surface area contributed by atoms with Crippen molar-refractivity contribution in [1.29, 1.82) is 5.26 Å². The molecule has 6 nitrogen and oxygen atoms in total. The Balaban J connectivity index is 2.27. The summed E-state index contributed by atoms with van der Waals surface area (Å²) in [5.41, 5.74) is 6.57. The fourth-order valence-electron chi connectivity index (χ4n) is 2.12. The van der Waals surface area contributed by atoms with Crippen LogP contribution in [0.2, 0.25) is 0 Å². The van der Waals surface area contributed by atoms with E-state index in [9.17, 15) is 10.1 Å². The second-order valence-electron chi connectivity index (χ2n) is 4.39. The molecule has 0 radical (unpaired) electrons. The molecule has 0 unspecified atom stereocenters. The summed E-state index contributed by atoms with van der Waals surface area (Å²) in [6.45, 7) is 1.59. The fourth-order valence-corrected chi connectivity index (χ4v) is 2.12. The van der Waals surface area contributed by atoms with E-state index in [1.165, 1.54) is 12.1 Å². The molecule has 0 bridgehead atoms. The lowest BCUT2D eigenvalue weighted by atomic mass is 10.0. The van der Waals surface area contributed by atoms with Gasteiger partial charge in [-0.05, 0) is 25.0 Å². The van der Waals surface area contributed by atoms with Crippen LogP contribution in [0.4, 0.5) is 11.4 Å². The van der Waals surface area contributed by atoms with Crippen molar-refractivity contribution in [2.24, 2.45) is 5.73 Å². The molecule has 0 aromatic heterocycles. The van der Waals surface area contributed by atoms with Gasteiger partial charge < -0.3 is 10.6 Å². The minimum absolute atomic E-state index is 0.0949. The number of benzene rings is 1. The standard InChI is InChI=1S/C12H14N4O2/c13-8-9-1-2-11(7-12(9)16(17)18)15-5-3-10(14)4-6-15/h1-2,7,10H,3-6,14H2. The van der Waals surface area contributed by atoms with Crippen LogP contribution in [0, 0.1) is 21.4 Å². The highest BCUT2D eigenvalue weighted by Gasteiger charge is 2.20. The van der Waals surface area contributed by atoms with Gasteiger partial charge in [-0.15, -0.1) is 0 Å². The Morgan fingerprint density at radius 3 is 2.67 bits per heavy atom. The van der Waals surface area contributed by atoms with Crippen molar-refractivity contribution in [3.8, 4) is 6.07 Å². The lowest BCUT2D eigenvalue weighted by Crippen LogP contribution is -2.39. The van der Waals surface area contributed by atoms with Gasteiger partial charge in [0.1, 0.15) is 11.6 Å². The predicted octanol–water partition coefficient (Wildman–Crippen LogP) is 1.39. The average Bonchev–Trinajstić information content (AvgIpc) is 2.39. The summed E-state index contributed by atoms with van der Waals surface area (Å²) in [6, 6.07) is 6.77. The summed E-state index contributed by atoms with van der Waals surface area (Å²) in [5, 5.41) is 19.7. The van der Waals surface area contributed by atoms with E-state index in [4.69, 9.17) is 11.0 Å². The first-order valence-corrected chi connectivity index (χ1v) is 5.81. The highest BCUT2D eigenvalue weighted by molar-refractivity contribution is 5.60. The number of hydrogen-bond donors (Lipinski definition) is 1. The first-order chi connectivity index (χ1) is 8.61. The zero-order chi connectivity index (χ0) is 13.1. The van der Waals surface area contributed by atoms with E-state index in [1.54, 1.807) is 6.07 Å². The van der Waals surface area contributed by atoms with Crippen molar-refractivity contribution < 1.29 is 4.92 Å². The van der Waals surface area contributed by atoms with Gasteiger partial charge in [-0.2, -0.15) is 5.26 Å². The van der Waals surface area contributed by atoms with Gasteiger partial charge in [0.2, 0.25) is 0 Å². The van der Waals surface area contributed by atoms with Crippen LogP contribution in [0.1, 0.15) is 18.4 Å². The van der Waals surface area contributed by atoms with Crippen LogP contribution in [0.3, 0.4) is 0 Å². The average molecular weight is 246 g/mol. The molecule has 2 rings (SSSR count). The van der Waals surface area contributed by atoms with Crippen LogP contribution < -0.4 is 10.6 Å². The SMILES string of the molecule is N#Cc1ccc(N2CCC(N)CC2)cc1[N+](=O)[O-]. The molecule has 0 atom stereocenters. The molecule has 1 heterocycles. The molecule has 0 aliphatic carbocycles. The molecule has 1 aromatic carbocycles. The molecule has 94 valence electrons. The van der Waals surface area contributed by atoms with E-state index in [0.29, 0.717) is 0 Å². The summed E-state index contributed by atoms with van der Waals surface area (Å²) in [5.74, 6) is 0. The fraction of sp³-hybridized carbons (Fsp3) is 0.417. The first kappa shape index (κ1) is 12.3. The maximum absolute atomic E-state index is 10.9. The van der Waals surface area contributed by atoms with Crippen molar-refractivity contribution in [1.82, 2.24) is 0 Å². The normalized spacial score (nSPS) is 16.3. The number of nitriles is 1. The summed E-state index contributed by atoms with van der Waals surface area (Å²) >= 11 is 0. The van der Waals surface area contributed by atoms with Gasteiger partial charge in [0.15, 0.2) is 0 Å². The van der Waals surface area contributed by atoms with Gasteiger partial charge in [-0.3, -0.25) is 10.1 Å². The highest BCUT2D eigenvalue weighted by atomic mass is 16.6. The molecule has 18 heavy (non-hydrogen) atoms. The molecule has 6 heteroatoms. The quantitative estimate of drug-likeness (QED) is 0.628. The maximum Gasteiger partial charge on any atom is 0.289 e. The predicted molar refractivity (Wildman–Crippen MR) is 67.2 cm³/mol. The van der Waals surface area contributed by atoms with Crippen LogP contribution in [0.15, 0.2) is 18.2 Å². The molecule has 2 N–H and O–H groups in total. The van der Waals surface area contributed by atoms with Crippen LogP contribution in [0.25, 0.3) is 0 Å². The molecule has 0 amide bonds. The Labute approximate surface area is 105 Å².